The van der Waals surface area contributed by atoms with Gasteiger partial charge in [0, 0.05) is 31.8 Å². The summed E-state index contributed by atoms with van der Waals surface area (Å²) in [4.78, 5) is 23.6. The number of aliphatic carboxylic acids is 1. The molecule has 9 heteroatoms. The Hall–Kier alpha value is -1.12. The van der Waals surface area contributed by atoms with Crippen molar-refractivity contribution in [2.24, 2.45) is 5.92 Å². The number of alkyl halides is 3. The van der Waals surface area contributed by atoms with Crippen LogP contribution in [-0.4, -0.2) is 52.9 Å². The normalized spacial score (nSPS) is 19.1. The molecule has 0 bridgehead atoms. The Bertz CT molecular complexity index is 352. The number of rotatable bonds is 6. The first-order valence-electron chi connectivity index (χ1n) is 6.23. The summed E-state index contributed by atoms with van der Waals surface area (Å²) in [7, 11) is 0. The lowest BCUT2D eigenvalue weighted by Gasteiger charge is -2.17. The number of urea groups is 1. The third-order valence-corrected chi connectivity index (χ3v) is 3.72. The van der Waals surface area contributed by atoms with Crippen LogP contribution in [0, 0.1) is 5.92 Å². The summed E-state index contributed by atoms with van der Waals surface area (Å²) in [6, 6.07) is -0.384. The molecule has 1 atom stereocenters. The van der Waals surface area contributed by atoms with Crippen molar-refractivity contribution in [2.75, 3.05) is 25.4 Å². The molecule has 2 amide bonds. The second-order valence-corrected chi connectivity index (χ2v) is 5.72. The molecule has 1 unspecified atom stereocenters. The van der Waals surface area contributed by atoms with Gasteiger partial charge in [-0.1, -0.05) is 0 Å². The number of likely N-dealkylation sites (tertiary alicyclic amines) is 1. The van der Waals surface area contributed by atoms with Crippen molar-refractivity contribution in [1.29, 1.82) is 0 Å². The third kappa shape index (κ3) is 6.88. The molecule has 116 valence electrons. The van der Waals surface area contributed by atoms with E-state index in [-0.39, 0.29) is 42.4 Å². The fourth-order valence-corrected chi connectivity index (χ4v) is 2.45. The van der Waals surface area contributed by atoms with Gasteiger partial charge in [-0.2, -0.15) is 13.2 Å². The molecule has 1 aliphatic rings. The van der Waals surface area contributed by atoms with Gasteiger partial charge in [-0.15, -0.1) is 0 Å². The molecule has 1 fully saturated rings. The minimum absolute atomic E-state index is 0.0424. The molecule has 0 saturated carbocycles. The number of hydrogen-bond acceptors (Lipinski definition) is 3. The fourth-order valence-electron chi connectivity index (χ4n) is 2.02. The Kier molecular flexibility index (Phi) is 6.44. The number of nitrogens with zero attached hydrogens (tertiary/aromatic N) is 1. The first-order valence-corrected chi connectivity index (χ1v) is 7.22. The van der Waals surface area contributed by atoms with Crippen LogP contribution in [0.3, 0.4) is 0 Å². The van der Waals surface area contributed by atoms with Crippen LogP contribution in [0.5, 0.6) is 0 Å². The largest absolute Gasteiger partial charge is 0.481 e. The van der Waals surface area contributed by atoms with Gasteiger partial charge in [0.2, 0.25) is 0 Å². The number of carboxylic acid groups (broad SMARTS) is 1. The highest BCUT2D eigenvalue weighted by Crippen LogP contribution is 2.29. The average Bonchev–Trinajstić information content (AvgIpc) is 2.79. The first-order chi connectivity index (χ1) is 9.28. The second kappa shape index (κ2) is 7.61. The van der Waals surface area contributed by atoms with E-state index in [1.54, 1.807) is 0 Å². The minimum Gasteiger partial charge on any atom is -0.481 e. The molecule has 1 rings (SSSR count). The molecule has 1 saturated heterocycles. The number of carbonyl (C=O) groups is 2. The molecule has 0 radical (unpaired) electrons. The van der Waals surface area contributed by atoms with Gasteiger partial charge in [-0.25, -0.2) is 4.79 Å². The molecule has 5 nitrogen and oxygen atoms in total. The first kappa shape index (κ1) is 16.9. The van der Waals surface area contributed by atoms with Crippen LogP contribution in [-0.2, 0) is 4.79 Å². The van der Waals surface area contributed by atoms with Gasteiger partial charge >= 0.3 is 17.5 Å². The quantitative estimate of drug-likeness (QED) is 0.737. The van der Waals surface area contributed by atoms with E-state index >= 15 is 0 Å². The molecule has 0 aliphatic carbocycles. The Labute approximate surface area is 118 Å². The molecular weight excluding hydrogens is 297 g/mol. The number of nitrogens with one attached hydrogen (secondary N) is 1. The summed E-state index contributed by atoms with van der Waals surface area (Å²) in [5.74, 6) is -0.926. The minimum atomic E-state index is -4.28. The third-order valence-electron chi connectivity index (χ3n) is 2.98. The topological polar surface area (TPSA) is 69.6 Å². The van der Waals surface area contributed by atoms with Crippen molar-refractivity contribution in [2.45, 2.75) is 24.8 Å². The second-order valence-electron chi connectivity index (χ2n) is 4.56. The number of amides is 2. The van der Waals surface area contributed by atoms with E-state index in [0.29, 0.717) is 19.5 Å². The summed E-state index contributed by atoms with van der Waals surface area (Å²) in [6.07, 6.45) is 1.32. The van der Waals surface area contributed by atoms with E-state index in [4.69, 9.17) is 5.11 Å². The van der Waals surface area contributed by atoms with E-state index in [0.717, 1.165) is 6.42 Å². The maximum atomic E-state index is 11.9. The van der Waals surface area contributed by atoms with Crippen LogP contribution in [0.15, 0.2) is 0 Å². The Balaban J connectivity index is 2.17. The van der Waals surface area contributed by atoms with E-state index in [1.165, 1.54) is 4.90 Å². The smallest absolute Gasteiger partial charge is 0.441 e. The highest BCUT2D eigenvalue weighted by molar-refractivity contribution is 8.00. The number of hydrogen-bond donors (Lipinski definition) is 2. The molecule has 0 aromatic heterocycles. The van der Waals surface area contributed by atoms with E-state index < -0.39 is 11.5 Å². The van der Waals surface area contributed by atoms with Crippen LogP contribution < -0.4 is 5.32 Å². The maximum Gasteiger partial charge on any atom is 0.441 e. The Morgan fingerprint density at radius 3 is 2.70 bits per heavy atom. The van der Waals surface area contributed by atoms with Gasteiger partial charge in [0.15, 0.2) is 0 Å². The Morgan fingerprint density at radius 2 is 2.10 bits per heavy atom. The average molecular weight is 314 g/mol. The number of halogens is 3. The SMILES string of the molecule is O=C(O)CCC1CCN(C(=O)NCCSC(F)(F)F)C1. The zero-order chi connectivity index (χ0) is 15.2. The van der Waals surface area contributed by atoms with Crippen molar-refractivity contribution < 1.29 is 27.9 Å². The van der Waals surface area contributed by atoms with Crippen molar-refractivity contribution in [3.63, 3.8) is 0 Å². The molecule has 1 heterocycles. The predicted octanol–water partition coefficient (Wildman–Crippen LogP) is 2.14. The van der Waals surface area contributed by atoms with Gasteiger partial charge in [0.25, 0.3) is 0 Å². The van der Waals surface area contributed by atoms with Crippen LogP contribution in [0.2, 0.25) is 0 Å². The van der Waals surface area contributed by atoms with Crippen LogP contribution in [0.1, 0.15) is 19.3 Å². The summed E-state index contributed by atoms with van der Waals surface area (Å²) in [5.41, 5.74) is -4.28. The highest BCUT2D eigenvalue weighted by atomic mass is 32.2. The summed E-state index contributed by atoms with van der Waals surface area (Å²) < 4.78 is 35.6. The van der Waals surface area contributed by atoms with E-state index in [1.807, 2.05) is 0 Å². The van der Waals surface area contributed by atoms with Gasteiger partial charge in [-0.3, -0.25) is 4.79 Å². The van der Waals surface area contributed by atoms with Crippen molar-refractivity contribution >= 4 is 23.8 Å². The zero-order valence-corrected chi connectivity index (χ0v) is 11.6. The van der Waals surface area contributed by atoms with Crippen molar-refractivity contribution in [3.05, 3.63) is 0 Å². The number of carbonyl (C=O) groups excluding carboxylic acids is 1. The number of thioether (sulfide) groups is 1. The standard InChI is InChI=1S/C11H17F3N2O3S/c12-11(13,14)20-6-4-15-10(19)16-5-3-8(7-16)1-2-9(17)18/h8H,1-7H2,(H,15,19)(H,17,18). The molecular formula is C11H17F3N2O3S. The summed E-state index contributed by atoms with van der Waals surface area (Å²) >= 11 is -0.169. The molecule has 1 aliphatic heterocycles. The van der Waals surface area contributed by atoms with Crippen molar-refractivity contribution in [1.82, 2.24) is 10.2 Å². The molecule has 0 aromatic rings. The van der Waals surface area contributed by atoms with Gasteiger partial charge in [-0.05, 0) is 30.5 Å². The lowest BCUT2D eigenvalue weighted by Crippen LogP contribution is -2.39. The van der Waals surface area contributed by atoms with Crippen LogP contribution >= 0.6 is 11.8 Å². The molecule has 0 aromatic carbocycles. The van der Waals surface area contributed by atoms with Gasteiger partial charge in [0.1, 0.15) is 0 Å². The molecule has 20 heavy (non-hydrogen) atoms. The van der Waals surface area contributed by atoms with Gasteiger partial charge in [0.05, 0.1) is 0 Å². The van der Waals surface area contributed by atoms with Crippen LogP contribution in [0.25, 0.3) is 0 Å². The highest BCUT2D eigenvalue weighted by Gasteiger charge is 2.28. The van der Waals surface area contributed by atoms with Crippen LogP contribution in [0.4, 0.5) is 18.0 Å². The lowest BCUT2D eigenvalue weighted by atomic mass is 10.0. The van der Waals surface area contributed by atoms with Gasteiger partial charge < -0.3 is 15.3 Å². The molecule has 2 N–H and O–H groups in total. The summed E-state index contributed by atoms with van der Waals surface area (Å²) in [5, 5.41) is 11.0. The molecule has 0 spiro atoms. The Morgan fingerprint density at radius 1 is 1.40 bits per heavy atom. The lowest BCUT2D eigenvalue weighted by molar-refractivity contribution is -0.137. The summed E-state index contributed by atoms with van der Waals surface area (Å²) in [6.45, 7) is 0.938. The van der Waals surface area contributed by atoms with E-state index in [2.05, 4.69) is 5.32 Å². The predicted molar refractivity (Wildman–Crippen MR) is 68.5 cm³/mol. The van der Waals surface area contributed by atoms with E-state index in [9.17, 15) is 22.8 Å². The number of carboxylic acids is 1. The fraction of sp³-hybridized carbons (Fsp3) is 0.818. The zero-order valence-electron chi connectivity index (χ0n) is 10.8. The van der Waals surface area contributed by atoms with Crippen molar-refractivity contribution in [3.8, 4) is 0 Å². The maximum absolute atomic E-state index is 11.9. The monoisotopic (exact) mass is 314 g/mol.